The van der Waals surface area contributed by atoms with Gasteiger partial charge in [0.25, 0.3) is 0 Å². The second kappa shape index (κ2) is 25.7. The molecule has 2 fully saturated rings. The molecule has 2 aliphatic rings. The standard InChI is InChI=1S/C53H70N10O9/c1-5-6-18-40(57-32(4)64)48(67)59-42-29-45(65)55-24-13-11-20-39(47(54)66)58-49(68)41(28-36-30-56-38-19-10-9-17-37(36)38)60-51(70)44-21-12-14-25-63(44)53(72)43(61-52(71)46(31(2)3)62-50(42)69)27-33-22-23-34-15-7-8-16-35(34)26-33/h7-10,15-17,19,22-23,26,30-31,39-44,46,56H,5-6,11-14,18,20-21,24-25,27-29H2,1-4H3,(H2,54,66)(H,55,65)(H,57,64)(H,58,68)(H,59,67)(H,60,70)(H,61,71)(H,62,69)/t39-,40-,41-,42-,43+,44-,46-/m0/s1. The number of aromatic amines is 1. The van der Waals surface area contributed by atoms with Gasteiger partial charge in [0.1, 0.15) is 42.3 Å². The molecular formula is C53H70N10O9. The van der Waals surface area contributed by atoms with Crippen molar-refractivity contribution in [1.82, 2.24) is 47.1 Å². The lowest BCUT2D eigenvalue weighted by molar-refractivity contribution is -0.146. The second-order valence-electron chi connectivity index (χ2n) is 19.3. The number of piperidine rings is 1. The Labute approximate surface area is 419 Å². The molecular weight excluding hydrogens is 921 g/mol. The van der Waals surface area contributed by atoms with Crippen LogP contribution in [0.25, 0.3) is 21.7 Å². The van der Waals surface area contributed by atoms with E-state index in [-0.39, 0.29) is 45.2 Å². The van der Waals surface area contributed by atoms with Gasteiger partial charge < -0.3 is 52.8 Å². The van der Waals surface area contributed by atoms with E-state index >= 15 is 4.79 Å². The van der Waals surface area contributed by atoms with Crippen LogP contribution in [0.4, 0.5) is 0 Å². The predicted molar refractivity (Wildman–Crippen MR) is 271 cm³/mol. The molecule has 1 aromatic heterocycles. The fourth-order valence-corrected chi connectivity index (χ4v) is 9.44. The first-order chi connectivity index (χ1) is 34.5. The average molecular weight is 991 g/mol. The van der Waals surface area contributed by atoms with Crippen molar-refractivity contribution in [2.45, 2.75) is 147 Å². The quantitative estimate of drug-likeness (QED) is 0.101. The molecule has 0 bridgehead atoms. The van der Waals surface area contributed by atoms with Gasteiger partial charge in [0.05, 0.1) is 6.42 Å². The van der Waals surface area contributed by atoms with Gasteiger partial charge in [-0.15, -0.1) is 0 Å². The lowest BCUT2D eigenvalue weighted by atomic mass is 9.95. The third kappa shape index (κ3) is 14.6. The van der Waals surface area contributed by atoms with Crippen molar-refractivity contribution in [3.05, 3.63) is 84.1 Å². The van der Waals surface area contributed by atoms with Gasteiger partial charge in [-0.05, 0) is 78.8 Å². The Balaban J connectivity index is 1.37. The maximum Gasteiger partial charge on any atom is 0.246 e. The zero-order chi connectivity index (χ0) is 51.9. The molecule has 9 amide bonds. The number of benzene rings is 3. The second-order valence-corrected chi connectivity index (χ2v) is 19.3. The van der Waals surface area contributed by atoms with Crippen LogP contribution < -0.4 is 43.0 Å². The largest absolute Gasteiger partial charge is 0.368 e. The molecule has 19 heteroatoms. The third-order valence-electron chi connectivity index (χ3n) is 13.4. The van der Waals surface area contributed by atoms with E-state index < -0.39 is 108 Å². The Morgan fingerprint density at radius 3 is 2.24 bits per heavy atom. The lowest BCUT2D eigenvalue weighted by Gasteiger charge is -2.38. The molecule has 3 heterocycles. The van der Waals surface area contributed by atoms with Crippen LogP contribution in [0.1, 0.15) is 103 Å². The molecule has 0 radical (unpaired) electrons. The van der Waals surface area contributed by atoms with Crippen LogP contribution in [-0.4, -0.2) is 118 Å². The van der Waals surface area contributed by atoms with Crippen molar-refractivity contribution in [1.29, 1.82) is 0 Å². The van der Waals surface area contributed by atoms with Crippen LogP contribution in [0.2, 0.25) is 0 Å². The minimum atomic E-state index is -1.50. The zero-order valence-electron chi connectivity index (χ0n) is 41.6. The molecule has 72 heavy (non-hydrogen) atoms. The highest BCUT2D eigenvalue weighted by molar-refractivity contribution is 5.99. The van der Waals surface area contributed by atoms with Gasteiger partial charge >= 0.3 is 0 Å². The number of hydrogen-bond acceptors (Lipinski definition) is 9. The number of H-pyrrole nitrogens is 1. The van der Waals surface area contributed by atoms with E-state index in [0.717, 1.165) is 33.7 Å². The number of unbranched alkanes of at least 4 members (excludes halogenated alkanes) is 1. The van der Waals surface area contributed by atoms with Crippen molar-refractivity contribution in [3.63, 3.8) is 0 Å². The highest BCUT2D eigenvalue weighted by atomic mass is 16.2. The summed E-state index contributed by atoms with van der Waals surface area (Å²) in [7, 11) is 0. The zero-order valence-corrected chi connectivity index (χ0v) is 41.6. The number of para-hydroxylation sites is 1. The van der Waals surface area contributed by atoms with Gasteiger partial charge in [-0.3, -0.25) is 43.2 Å². The number of amides is 9. The topological polar surface area (TPSA) is 283 Å². The minimum Gasteiger partial charge on any atom is -0.368 e. The van der Waals surface area contributed by atoms with Gasteiger partial charge in [-0.2, -0.15) is 0 Å². The van der Waals surface area contributed by atoms with E-state index in [1.54, 1.807) is 20.0 Å². The number of nitrogens with two attached hydrogens (primary N) is 1. The van der Waals surface area contributed by atoms with E-state index in [9.17, 15) is 38.4 Å². The summed E-state index contributed by atoms with van der Waals surface area (Å²) in [4.78, 5) is 130. The Morgan fingerprint density at radius 2 is 1.50 bits per heavy atom. The summed E-state index contributed by atoms with van der Waals surface area (Å²) >= 11 is 0. The number of nitrogens with zero attached hydrogens (tertiary/aromatic N) is 1. The van der Waals surface area contributed by atoms with Gasteiger partial charge in [0.2, 0.25) is 53.2 Å². The first-order valence-electron chi connectivity index (χ1n) is 25.2. The van der Waals surface area contributed by atoms with Crippen molar-refractivity contribution < 1.29 is 43.2 Å². The number of rotatable bonds is 12. The van der Waals surface area contributed by atoms with Crippen LogP contribution in [0.5, 0.6) is 0 Å². The molecule has 19 nitrogen and oxygen atoms in total. The van der Waals surface area contributed by atoms with Gasteiger partial charge in [0.15, 0.2) is 0 Å². The van der Waals surface area contributed by atoms with Crippen molar-refractivity contribution >= 4 is 74.8 Å². The van der Waals surface area contributed by atoms with Crippen LogP contribution in [0.3, 0.4) is 0 Å². The maximum atomic E-state index is 15.1. The molecule has 2 saturated heterocycles. The van der Waals surface area contributed by atoms with Crippen LogP contribution in [0.15, 0.2) is 72.9 Å². The van der Waals surface area contributed by atoms with E-state index in [1.165, 1.54) is 11.8 Å². The molecule has 0 unspecified atom stereocenters. The number of hydrogen-bond donors (Lipinski definition) is 9. The Bertz CT molecular complexity index is 2610. The van der Waals surface area contributed by atoms with Crippen molar-refractivity contribution in [2.75, 3.05) is 13.1 Å². The predicted octanol–water partition coefficient (Wildman–Crippen LogP) is 2.44. The summed E-state index contributed by atoms with van der Waals surface area (Å²) in [6.45, 7) is 6.84. The van der Waals surface area contributed by atoms with Gasteiger partial charge in [0, 0.05) is 50.0 Å². The van der Waals surface area contributed by atoms with Crippen LogP contribution >= 0.6 is 0 Å². The Kier molecular flexibility index (Phi) is 19.3. The molecule has 0 spiro atoms. The molecule has 10 N–H and O–H groups in total. The maximum absolute atomic E-state index is 15.1. The number of aromatic nitrogens is 1. The normalized spacial score (nSPS) is 22.9. The van der Waals surface area contributed by atoms with Crippen LogP contribution in [0, 0.1) is 5.92 Å². The fourth-order valence-electron chi connectivity index (χ4n) is 9.44. The fraction of sp³-hybridized carbons (Fsp3) is 0.491. The average Bonchev–Trinajstić information content (AvgIpc) is 3.77. The number of fused-ring (bicyclic) bond motifs is 3. The summed E-state index contributed by atoms with van der Waals surface area (Å²) in [6.07, 6.45) is 4.94. The highest BCUT2D eigenvalue weighted by Gasteiger charge is 2.40. The number of primary amides is 1. The molecule has 0 aliphatic carbocycles. The molecule has 0 saturated carbocycles. The van der Waals surface area contributed by atoms with Gasteiger partial charge in [-0.1, -0.05) is 94.3 Å². The molecule has 3 aromatic carbocycles. The van der Waals surface area contributed by atoms with Crippen LogP contribution in [-0.2, 0) is 56.0 Å². The highest BCUT2D eigenvalue weighted by Crippen LogP contribution is 2.24. The third-order valence-corrected chi connectivity index (χ3v) is 13.4. The van der Waals surface area contributed by atoms with E-state index in [1.807, 2.05) is 73.7 Å². The molecule has 6 rings (SSSR count). The summed E-state index contributed by atoms with van der Waals surface area (Å²) in [5.41, 5.74) is 8.07. The molecule has 2 aliphatic heterocycles. The minimum absolute atomic E-state index is 0.000257. The Hall–Kier alpha value is -7.31. The van der Waals surface area contributed by atoms with E-state index in [2.05, 4.69) is 42.2 Å². The summed E-state index contributed by atoms with van der Waals surface area (Å²) in [5.74, 6) is -6.55. The Morgan fingerprint density at radius 1 is 0.778 bits per heavy atom. The number of nitrogens with one attached hydrogen (secondary N) is 8. The molecule has 7 atom stereocenters. The van der Waals surface area contributed by atoms with E-state index in [4.69, 9.17) is 5.73 Å². The lowest BCUT2D eigenvalue weighted by Crippen LogP contribution is -2.62. The van der Waals surface area contributed by atoms with E-state index in [0.29, 0.717) is 37.7 Å². The summed E-state index contributed by atoms with van der Waals surface area (Å²) in [5, 5.41) is 22.0. The number of carbonyl (C=O) groups is 9. The summed E-state index contributed by atoms with van der Waals surface area (Å²) < 4.78 is 0. The smallest absolute Gasteiger partial charge is 0.246 e. The van der Waals surface area contributed by atoms with Crippen molar-refractivity contribution in [3.8, 4) is 0 Å². The molecule has 386 valence electrons. The first kappa shape index (κ1) is 54.0. The number of carbonyl (C=O) groups excluding carboxylic acids is 9. The van der Waals surface area contributed by atoms with Crippen molar-refractivity contribution in [2.24, 2.45) is 11.7 Å². The SMILES string of the molecule is CCCC[C@H](NC(C)=O)C(=O)N[C@H]1CC(=O)NCCCC[C@@H](C(N)=O)NC(=O)[C@H](Cc2c[nH]c3ccccc23)NC(=O)[C@@H]2CCCCN2C(=O)[C@@H](Cc2ccc3ccccc3c2)NC(=O)[C@H](C(C)C)NC1=O. The summed E-state index contributed by atoms with van der Waals surface area (Å²) in [6, 6.07) is 12.4. The monoisotopic (exact) mass is 991 g/mol. The molecule has 4 aromatic rings. The van der Waals surface area contributed by atoms with Gasteiger partial charge in [-0.25, -0.2) is 0 Å². The first-order valence-corrected chi connectivity index (χ1v) is 25.2.